The minimum atomic E-state index is -0.702. The molecule has 0 radical (unpaired) electrons. The summed E-state index contributed by atoms with van der Waals surface area (Å²) in [5.41, 5.74) is 5.92. The van der Waals surface area contributed by atoms with Crippen LogP contribution in [0.25, 0.3) is 22.1 Å². The first-order valence-electron chi connectivity index (χ1n) is 18.8. The van der Waals surface area contributed by atoms with E-state index in [9.17, 15) is 24.0 Å². The summed E-state index contributed by atoms with van der Waals surface area (Å²) in [6, 6.07) is 30.9. The fourth-order valence-corrected chi connectivity index (χ4v) is 7.16. The highest BCUT2D eigenvalue weighted by Gasteiger charge is 2.25. The van der Waals surface area contributed by atoms with Crippen molar-refractivity contribution in [2.24, 2.45) is 0 Å². The predicted molar refractivity (Wildman–Crippen MR) is 211 cm³/mol. The van der Waals surface area contributed by atoms with Crippen LogP contribution in [0.3, 0.4) is 0 Å². The third-order valence-corrected chi connectivity index (χ3v) is 9.91. The fraction of sp³-hybridized carbons (Fsp3) is 0.326. The molecule has 0 atom stereocenters. The van der Waals surface area contributed by atoms with E-state index in [1.165, 1.54) is 0 Å². The van der Waals surface area contributed by atoms with E-state index in [1.54, 1.807) is 42.0 Å². The zero-order valence-electron chi connectivity index (χ0n) is 31.5. The zero-order chi connectivity index (χ0) is 38.7. The topological polar surface area (TPSA) is 132 Å². The van der Waals surface area contributed by atoms with Gasteiger partial charge in [-0.1, -0.05) is 72.8 Å². The van der Waals surface area contributed by atoms with Crippen LogP contribution in [0.4, 0.5) is 4.79 Å². The van der Waals surface area contributed by atoms with E-state index < -0.39 is 17.4 Å². The summed E-state index contributed by atoms with van der Waals surface area (Å²) in [5, 5.41) is 0. The molecule has 0 spiro atoms. The standard InChI is InChI=1S/C24H27N3O4.C19H19N3O2/c1-24(2,3)31-23(30)27-20-8-5-4-7-19(20)26(22(27)29)16-18-12-10-17(11-13-18)15-25-14-6-9-21(25)28;23-18-6-3-11-21(18)12-14-7-9-15(10-8-14)13-22-17-5-2-1-4-16(17)20-19(22)24/h4-5,7-8,10-13H,6,9,14-16H2,1-3H3;1-2,4-5,7-10H,3,6,11-13H2,(H,20,24). The van der Waals surface area contributed by atoms with Crippen molar-refractivity contribution in [1.82, 2.24) is 28.5 Å². The lowest BCUT2D eigenvalue weighted by Gasteiger charge is -2.19. The van der Waals surface area contributed by atoms with Gasteiger partial charge in [-0.05, 0) is 80.1 Å². The van der Waals surface area contributed by atoms with Crippen LogP contribution in [0.1, 0.15) is 68.7 Å². The molecule has 2 aliphatic heterocycles. The molecule has 8 rings (SSSR count). The number of carbonyl (C=O) groups excluding carboxylic acids is 3. The maximum absolute atomic E-state index is 13.1. The Balaban J connectivity index is 0.000000174. The molecule has 4 aromatic carbocycles. The summed E-state index contributed by atoms with van der Waals surface area (Å²) < 4.78 is 9.86. The van der Waals surface area contributed by atoms with Gasteiger partial charge in [-0.3, -0.25) is 18.7 Å². The Morgan fingerprint density at radius 2 is 1.05 bits per heavy atom. The van der Waals surface area contributed by atoms with Crippen molar-refractivity contribution in [3.8, 4) is 0 Å². The summed E-state index contributed by atoms with van der Waals surface area (Å²) in [4.78, 5) is 68.2. The molecular formula is C43H46N6O6. The van der Waals surface area contributed by atoms with Gasteiger partial charge in [-0.25, -0.2) is 14.4 Å². The number of hydrogen-bond donors (Lipinski definition) is 1. The van der Waals surface area contributed by atoms with Crippen LogP contribution in [0.15, 0.2) is 107 Å². The zero-order valence-corrected chi connectivity index (χ0v) is 31.5. The molecule has 2 aliphatic rings. The summed E-state index contributed by atoms with van der Waals surface area (Å²) in [6.45, 7) is 9.11. The van der Waals surface area contributed by atoms with Crippen molar-refractivity contribution in [3.63, 3.8) is 0 Å². The largest absolute Gasteiger partial charge is 0.443 e. The number of aromatic nitrogens is 4. The molecule has 284 valence electrons. The van der Waals surface area contributed by atoms with E-state index >= 15 is 0 Å². The molecule has 0 unspecified atom stereocenters. The quantitative estimate of drug-likeness (QED) is 0.196. The normalized spacial score (nSPS) is 14.5. The molecule has 1 N–H and O–H groups in total. The van der Waals surface area contributed by atoms with Gasteiger partial charge in [0, 0.05) is 39.0 Å². The Kier molecular flexibility index (Phi) is 10.6. The second-order valence-corrected chi connectivity index (χ2v) is 15.2. The first kappa shape index (κ1) is 37.2. The number of benzene rings is 4. The summed E-state index contributed by atoms with van der Waals surface area (Å²) in [7, 11) is 0. The molecule has 6 aromatic rings. The van der Waals surface area contributed by atoms with Crippen LogP contribution in [0.5, 0.6) is 0 Å². The number of H-pyrrole nitrogens is 1. The van der Waals surface area contributed by atoms with Crippen molar-refractivity contribution in [2.75, 3.05) is 13.1 Å². The minimum Gasteiger partial charge on any atom is -0.443 e. The average Bonchev–Trinajstić information content (AvgIpc) is 3.91. The van der Waals surface area contributed by atoms with Crippen molar-refractivity contribution in [2.45, 2.75) is 78.2 Å². The molecule has 0 bridgehead atoms. The lowest BCUT2D eigenvalue weighted by atomic mass is 10.1. The predicted octanol–water partition coefficient (Wildman–Crippen LogP) is 6.26. The monoisotopic (exact) mass is 742 g/mol. The van der Waals surface area contributed by atoms with Gasteiger partial charge in [0.05, 0.1) is 35.2 Å². The minimum absolute atomic E-state index is 0.0945. The lowest BCUT2D eigenvalue weighted by Crippen LogP contribution is -2.34. The number of ether oxygens (including phenoxy) is 1. The van der Waals surface area contributed by atoms with Crippen LogP contribution in [0, 0.1) is 0 Å². The van der Waals surface area contributed by atoms with Crippen LogP contribution < -0.4 is 11.4 Å². The molecule has 0 saturated carbocycles. The maximum Gasteiger partial charge on any atom is 0.423 e. The SMILES string of the molecule is CC(C)(C)OC(=O)n1c(=O)n(Cc2ccc(CN3CCCC3=O)cc2)c2ccccc21.O=C1CCCN1Cc1ccc(Cn2c(=O)[nH]c3ccccc32)cc1. The van der Waals surface area contributed by atoms with Gasteiger partial charge in [0.25, 0.3) is 0 Å². The van der Waals surface area contributed by atoms with Crippen LogP contribution >= 0.6 is 0 Å². The highest BCUT2D eigenvalue weighted by molar-refractivity contribution is 5.87. The van der Waals surface area contributed by atoms with E-state index in [4.69, 9.17) is 4.74 Å². The smallest absolute Gasteiger partial charge is 0.423 e. The van der Waals surface area contributed by atoms with E-state index in [2.05, 4.69) is 4.98 Å². The Hall–Kier alpha value is -6.17. The number of nitrogens with zero attached hydrogens (tertiary/aromatic N) is 5. The molecule has 0 aliphatic carbocycles. The number of rotatable bonds is 8. The first-order valence-corrected chi connectivity index (χ1v) is 18.8. The average molecular weight is 743 g/mol. The molecule has 55 heavy (non-hydrogen) atoms. The van der Waals surface area contributed by atoms with E-state index in [0.717, 1.165) is 63.8 Å². The Morgan fingerprint density at radius 3 is 1.55 bits per heavy atom. The number of nitrogens with one attached hydrogen (secondary N) is 1. The third kappa shape index (κ3) is 8.48. The number of carbonyl (C=O) groups is 3. The molecule has 12 nitrogen and oxygen atoms in total. The number of likely N-dealkylation sites (tertiary alicyclic amines) is 2. The van der Waals surface area contributed by atoms with Crippen molar-refractivity contribution in [1.29, 1.82) is 0 Å². The van der Waals surface area contributed by atoms with E-state index in [1.807, 2.05) is 94.7 Å². The van der Waals surface area contributed by atoms with Gasteiger partial charge < -0.3 is 19.5 Å². The molecule has 2 fully saturated rings. The van der Waals surface area contributed by atoms with Gasteiger partial charge in [-0.2, -0.15) is 4.57 Å². The van der Waals surface area contributed by atoms with Gasteiger partial charge in [0.15, 0.2) is 0 Å². The maximum atomic E-state index is 13.1. The highest BCUT2D eigenvalue weighted by atomic mass is 16.6. The number of aromatic amines is 1. The van der Waals surface area contributed by atoms with Crippen LogP contribution in [0.2, 0.25) is 0 Å². The second kappa shape index (κ2) is 15.7. The first-order chi connectivity index (χ1) is 26.4. The van der Waals surface area contributed by atoms with Crippen LogP contribution in [-0.4, -0.2) is 65.1 Å². The van der Waals surface area contributed by atoms with Gasteiger partial charge in [0.1, 0.15) is 5.60 Å². The Morgan fingerprint density at radius 1 is 0.600 bits per heavy atom. The number of amides is 2. The van der Waals surface area contributed by atoms with Gasteiger partial charge in [-0.15, -0.1) is 0 Å². The third-order valence-electron chi connectivity index (χ3n) is 9.91. The van der Waals surface area contributed by atoms with E-state index in [-0.39, 0.29) is 17.5 Å². The Bertz CT molecular complexity index is 2460. The number of imidazole rings is 2. The number of para-hydroxylation sites is 4. The number of hydrogen-bond acceptors (Lipinski definition) is 6. The molecule has 2 aromatic heterocycles. The van der Waals surface area contributed by atoms with Gasteiger partial charge >= 0.3 is 17.5 Å². The lowest BCUT2D eigenvalue weighted by molar-refractivity contribution is -0.129. The summed E-state index contributed by atoms with van der Waals surface area (Å²) in [6.07, 6.45) is 2.49. The van der Waals surface area contributed by atoms with Crippen LogP contribution in [-0.2, 0) is 40.5 Å². The van der Waals surface area contributed by atoms with Crippen molar-refractivity contribution >= 4 is 40.0 Å². The molecule has 4 heterocycles. The summed E-state index contributed by atoms with van der Waals surface area (Å²) in [5.74, 6) is 0.440. The molecule has 12 heteroatoms. The highest BCUT2D eigenvalue weighted by Crippen LogP contribution is 2.20. The van der Waals surface area contributed by atoms with Crippen molar-refractivity contribution < 1.29 is 19.1 Å². The Labute approximate surface area is 318 Å². The van der Waals surface area contributed by atoms with E-state index in [0.29, 0.717) is 50.1 Å². The molecular weight excluding hydrogens is 697 g/mol. The second-order valence-electron chi connectivity index (χ2n) is 15.2. The summed E-state index contributed by atoms with van der Waals surface area (Å²) >= 11 is 0. The molecule has 2 saturated heterocycles. The van der Waals surface area contributed by atoms with Crippen molar-refractivity contribution in [3.05, 3.63) is 140 Å². The fourth-order valence-electron chi connectivity index (χ4n) is 7.16. The molecule has 2 amide bonds. The van der Waals surface area contributed by atoms with Gasteiger partial charge in [0.2, 0.25) is 11.8 Å². The number of fused-ring (bicyclic) bond motifs is 2.